The molecule has 12 heteroatoms. The molecule has 2 N–H and O–H groups in total. The molecule has 0 unspecified atom stereocenters. The summed E-state index contributed by atoms with van der Waals surface area (Å²) in [5, 5.41) is 9.08. The van der Waals surface area contributed by atoms with Crippen molar-refractivity contribution < 1.29 is 32.0 Å². The topological polar surface area (TPSA) is 149 Å². The Kier molecular flexibility index (Phi) is 7.59. The van der Waals surface area contributed by atoms with E-state index in [1.807, 2.05) is 25.1 Å². The lowest BCUT2D eigenvalue weighted by Gasteiger charge is -2.15. The van der Waals surface area contributed by atoms with Gasteiger partial charge in [-0.05, 0) is 25.1 Å². The molecule has 10 nitrogen and oxygen atoms in total. The van der Waals surface area contributed by atoms with E-state index in [-0.39, 0.29) is 24.7 Å². The number of oxazole rings is 1. The molecule has 0 radical (unpaired) electrons. The SMILES string of the molecule is CS(=O)(=O)O.C[C@@H](Oc1cc2oc(=O)n(CCC(=O)O)c2cc1Cl)c1ccccn1. The molecule has 0 spiro atoms. The van der Waals surface area contributed by atoms with Crippen molar-refractivity contribution in [3.63, 3.8) is 0 Å². The zero-order valence-electron chi connectivity index (χ0n) is 16.0. The maximum atomic E-state index is 11.9. The quantitative estimate of drug-likeness (QED) is 0.531. The fraction of sp³-hybridized carbons (Fsp3) is 0.278. The minimum atomic E-state index is -3.67. The molecular formula is C18H19ClN2O8S. The van der Waals surface area contributed by atoms with E-state index in [0.29, 0.717) is 22.5 Å². The Bertz CT molecular complexity index is 1180. The van der Waals surface area contributed by atoms with Crippen LogP contribution in [0, 0.1) is 0 Å². The van der Waals surface area contributed by atoms with E-state index in [1.54, 1.807) is 6.20 Å². The van der Waals surface area contributed by atoms with Crippen LogP contribution in [0.4, 0.5) is 0 Å². The number of ether oxygens (including phenoxy) is 1. The van der Waals surface area contributed by atoms with Crippen LogP contribution in [-0.2, 0) is 21.5 Å². The van der Waals surface area contributed by atoms with Crippen LogP contribution in [0.1, 0.15) is 25.1 Å². The van der Waals surface area contributed by atoms with Crippen LogP contribution in [0.3, 0.4) is 0 Å². The lowest BCUT2D eigenvalue weighted by atomic mass is 10.2. The van der Waals surface area contributed by atoms with Crippen LogP contribution < -0.4 is 10.5 Å². The van der Waals surface area contributed by atoms with E-state index in [1.165, 1.54) is 16.7 Å². The van der Waals surface area contributed by atoms with Gasteiger partial charge in [0, 0.05) is 18.8 Å². The summed E-state index contributed by atoms with van der Waals surface area (Å²) in [6.45, 7) is 1.83. The van der Waals surface area contributed by atoms with Gasteiger partial charge in [-0.2, -0.15) is 8.42 Å². The van der Waals surface area contributed by atoms with Crippen molar-refractivity contribution in [2.75, 3.05) is 6.26 Å². The number of fused-ring (bicyclic) bond motifs is 1. The first-order valence-corrected chi connectivity index (χ1v) is 10.7. The number of aromatic nitrogens is 2. The number of rotatable bonds is 6. The standard InChI is InChI=1S/C17H15ClN2O5.CH4O3S/c1-10(12-4-2-3-6-19-12)24-14-9-15-13(8-11(14)18)20(17(23)25-15)7-5-16(21)22;1-5(2,3)4/h2-4,6,8-10H,5,7H2,1H3,(H,21,22);1H3,(H,2,3,4)/t10-;/m1./s1. The fourth-order valence-electron chi connectivity index (χ4n) is 2.44. The summed E-state index contributed by atoms with van der Waals surface area (Å²) in [6, 6.07) is 8.55. The van der Waals surface area contributed by atoms with Gasteiger partial charge in [-0.25, -0.2) is 4.79 Å². The summed E-state index contributed by atoms with van der Waals surface area (Å²) in [5.41, 5.74) is 1.44. The Morgan fingerprint density at radius 3 is 2.60 bits per heavy atom. The van der Waals surface area contributed by atoms with Crippen molar-refractivity contribution in [3.8, 4) is 5.75 Å². The third kappa shape index (κ3) is 6.87. The van der Waals surface area contributed by atoms with Crippen molar-refractivity contribution in [2.45, 2.75) is 26.0 Å². The zero-order valence-corrected chi connectivity index (χ0v) is 17.6. The lowest BCUT2D eigenvalue weighted by molar-refractivity contribution is -0.137. The van der Waals surface area contributed by atoms with E-state index in [9.17, 15) is 18.0 Å². The van der Waals surface area contributed by atoms with Crippen molar-refractivity contribution in [1.82, 2.24) is 9.55 Å². The molecule has 1 aromatic carbocycles. The van der Waals surface area contributed by atoms with E-state index in [2.05, 4.69) is 4.98 Å². The van der Waals surface area contributed by atoms with Crippen molar-refractivity contribution in [3.05, 3.63) is 57.8 Å². The number of hydrogen-bond donors (Lipinski definition) is 2. The Morgan fingerprint density at radius 1 is 1.37 bits per heavy atom. The Morgan fingerprint density at radius 2 is 2.03 bits per heavy atom. The van der Waals surface area contributed by atoms with Gasteiger partial charge in [-0.3, -0.25) is 18.9 Å². The number of carboxylic acid groups (broad SMARTS) is 1. The molecule has 2 heterocycles. The van der Waals surface area contributed by atoms with E-state index < -0.39 is 21.8 Å². The molecule has 0 bridgehead atoms. The largest absolute Gasteiger partial charge is 0.483 e. The molecule has 3 rings (SSSR count). The van der Waals surface area contributed by atoms with Crippen molar-refractivity contribution in [1.29, 1.82) is 0 Å². The summed E-state index contributed by atoms with van der Waals surface area (Å²) >= 11 is 6.26. The number of halogens is 1. The van der Waals surface area contributed by atoms with Gasteiger partial charge < -0.3 is 14.3 Å². The van der Waals surface area contributed by atoms with Crippen LogP contribution in [0.15, 0.2) is 45.7 Å². The Balaban J connectivity index is 0.000000575. The average molecular weight is 459 g/mol. The number of pyridine rings is 1. The average Bonchev–Trinajstić information content (AvgIpc) is 2.93. The minimum absolute atomic E-state index is 0.00202. The molecule has 3 aromatic rings. The van der Waals surface area contributed by atoms with E-state index in [4.69, 9.17) is 30.4 Å². The highest BCUT2D eigenvalue weighted by Crippen LogP contribution is 2.32. The molecule has 0 saturated heterocycles. The molecule has 0 aliphatic carbocycles. The monoisotopic (exact) mass is 458 g/mol. The molecule has 0 amide bonds. The highest BCUT2D eigenvalue weighted by atomic mass is 35.5. The predicted octanol–water partition coefficient (Wildman–Crippen LogP) is 2.76. The molecule has 1 atom stereocenters. The molecule has 30 heavy (non-hydrogen) atoms. The second-order valence-corrected chi connectivity index (χ2v) is 8.03. The second-order valence-electron chi connectivity index (χ2n) is 6.16. The van der Waals surface area contributed by atoms with Gasteiger partial charge in [0.1, 0.15) is 11.9 Å². The maximum absolute atomic E-state index is 11.9. The van der Waals surface area contributed by atoms with Gasteiger partial charge in [0.05, 0.1) is 28.9 Å². The number of carbonyl (C=O) groups is 1. The van der Waals surface area contributed by atoms with Gasteiger partial charge >= 0.3 is 11.7 Å². The molecular weight excluding hydrogens is 440 g/mol. The molecule has 0 saturated carbocycles. The smallest absolute Gasteiger partial charge is 0.419 e. The first kappa shape index (κ1) is 23.4. The fourth-order valence-corrected chi connectivity index (χ4v) is 2.64. The predicted molar refractivity (Wildman–Crippen MR) is 108 cm³/mol. The zero-order chi connectivity index (χ0) is 22.5. The van der Waals surface area contributed by atoms with Gasteiger partial charge in [0.2, 0.25) is 0 Å². The minimum Gasteiger partial charge on any atom is -0.483 e. The number of aryl methyl sites for hydroxylation is 1. The van der Waals surface area contributed by atoms with Gasteiger partial charge in [0.25, 0.3) is 10.1 Å². The number of aliphatic carboxylic acids is 1. The molecule has 162 valence electrons. The third-order valence-electron chi connectivity index (χ3n) is 3.68. The van der Waals surface area contributed by atoms with Gasteiger partial charge in [0.15, 0.2) is 5.58 Å². The third-order valence-corrected chi connectivity index (χ3v) is 3.97. The number of hydrogen-bond acceptors (Lipinski definition) is 7. The van der Waals surface area contributed by atoms with Crippen LogP contribution in [0.2, 0.25) is 5.02 Å². The number of benzene rings is 1. The molecule has 2 aromatic heterocycles. The summed E-state index contributed by atoms with van der Waals surface area (Å²) in [7, 11) is -3.67. The first-order chi connectivity index (χ1) is 14.0. The normalized spacial score (nSPS) is 12.1. The lowest BCUT2D eigenvalue weighted by Crippen LogP contribution is -2.16. The van der Waals surface area contributed by atoms with E-state index in [0.717, 1.165) is 5.69 Å². The highest BCUT2D eigenvalue weighted by Gasteiger charge is 2.17. The first-order valence-electron chi connectivity index (χ1n) is 8.50. The summed E-state index contributed by atoms with van der Waals surface area (Å²) in [6.07, 6.45) is 1.84. The Labute approximate surface area is 176 Å². The molecule has 0 fully saturated rings. The number of nitrogens with zero attached hydrogens (tertiary/aromatic N) is 2. The van der Waals surface area contributed by atoms with E-state index >= 15 is 0 Å². The molecule has 0 aliphatic rings. The van der Waals surface area contributed by atoms with Crippen LogP contribution >= 0.6 is 11.6 Å². The summed E-state index contributed by atoms with van der Waals surface area (Å²) in [5.74, 6) is -1.29. The highest BCUT2D eigenvalue weighted by molar-refractivity contribution is 7.85. The van der Waals surface area contributed by atoms with Crippen LogP contribution in [0.25, 0.3) is 11.1 Å². The van der Waals surface area contributed by atoms with Crippen LogP contribution in [-0.4, -0.2) is 39.9 Å². The van der Waals surface area contributed by atoms with Crippen molar-refractivity contribution in [2.24, 2.45) is 0 Å². The second kappa shape index (κ2) is 9.74. The van der Waals surface area contributed by atoms with Crippen LogP contribution in [0.5, 0.6) is 5.75 Å². The van der Waals surface area contributed by atoms with Crippen molar-refractivity contribution >= 4 is 38.8 Å². The Hall–Kier alpha value is -2.89. The van der Waals surface area contributed by atoms with Gasteiger partial charge in [-0.1, -0.05) is 17.7 Å². The summed E-state index contributed by atoms with van der Waals surface area (Å²) < 4.78 is 38.1. The number of carboxylic acids is 1. The molecule has 0 aliphatic heterocycles. The van der Waals surface area contributed by atoms with Gasteiger partial charge in [-0.15, -0.1) is 0 Å². The summed E-state index contributed by atoms with van der Waals surface area (Å²) in [4.78, 5) is 26.9. The maximum Gasteiger partial charge on any atom is 0.419 e.